The molecule has 90 valence electrons. The molecule has 0 radical (unpaired) electrons. The van der Waals surface area contributed by atoms with Crippen molar-refractivity contribution in [2.24, 2.45) is 0 Å². The SMILES string of the molecule is CCc1ccc(C(Br)c2ccsc2)cc1CC. The number of hydrogen-bond acceptors (Lipinski definition) is 1. The largest absolute Gasteiger partial charge is 0.152 e. The molecule has 0 nitrogen and oxygen atoms in total. The summed E-state index contributed by atoms with van der Waals surface area (Å²) in [7, 11) is 0. The zero-order chi connectivity index (χ0) is 12.3. The van der Waals surface area contributed by atoms with Gasteiger partial charge in [-0.15, -0.1) is 0 Å². The van der Waals surface area contributed by atoms with E-state index in [1.54, 1.807) is 11.3 Å². The van der Waals surface area contributed by atoms with Crippen molar-refractivity contribution in [3.05, 3.63) is 57.3 Å². The summed E-state index contributed by atoms with van der Waals surface area (Å²) in [5.74, 6) is 0. The van der Waals surface area contributed by atoms with Crippen molar-refractivity contribution >= 4 is 27.3 Å². The van der Waals surface area contributed by atoms with Gasteiger partial charge in [0, 0.05) is 0 Å². The highest BCUT2D eigenvalue weighted by atomic mass is 79.9. The molecule has 0 saturated heterocycles. The quantitative estimate of drug-likeness (QED) is 0.667. The second kappa shape index (κ2) is 5.83. The van der Waals surface area contributed by atoms with Crippen molar-refractivity contribution in [2.45, 2.75) is 31.5 Å². The lowest BCUT2D eigenvalue weighted by Crippen LogP contribution is -1.96. The molecule has 2 rings (SSSR count). The van der Waals surface area contributed by atoms with Gasteiger partial charge in [-0.05, 0) is 51.9 Å². The van der Waals surface area contributed by atoms with Crippen LogP contribution in [0.2, 0.25) is 0 Å². The van der Waals surface area contributed by atoms with Crippen LogP contribution in [0.5, 0.6) is 0 Å². The van der Waals surface area contributed by atoms with Gasteiger partial charge >= 0.3 is 0 Å². The molecule has 0 bridgehead atoms. The maximum atomic E-state index is 3.79. The predicted octanol–water partition coefficient (Wildman–Crippen LogP) is 5.36. The normalized spacial score (nSPS) is 12.6. The summed E-state index contributed by atoms with van der Waals surface area (Å²) in [5, 5.41) is 4.34. The first-order valence-corrected chi connectivity index (χ1v) is 7.90. The van der Waals surface area contributed by atoms with Crippen LogP contribution in [0, 0.1) is 0 Å². The molecule has 0 saturated carbocycles. The molecule has 0 aliphatic carbocycles. The smallest absolute Gasteiger partial charge is 0.0652 e. The van der Waals surface area contributed by atoms with Crippen molar-refractivity contribution in [3.8, 4) is 0 Å². The fourth-order valence-corrected chi connectivity index (χ4v) is 3.52. The van der Waals surface area contributed by atoms with E-state index in [9.17, 15) is 0 Å². The Morgan fingerprint density at radius 2 is 1.82 bits per heavy atom. The van der Waals surface area contributed by atoms with Gasteiger partial charge < -0.3 is 0 Å². The second-order valence-electron chi connectivity index (χ2n) is 4.15. The fraction of sp³-hybridized carbons (Fsp3) is 0.333. The van der Waals surface area contributed by atoms with Crippen LogP contribution in [0.1, 0.15) is 40.9 Å². The lowest BCUT2D eigenvalue weighted by atomic mass is 9.97. The van der Waals surface area contributed by atoms with Crippen molar-refractivity contribution in [1.29, 1.82) is 0 Å². The molecule has 0 aliphatic rings. The molecular formula is C15H17BrS. The molecule has 0 aliphatic heterocycles. The topological polar surface area (TPSA) is 0 Å². The Bertz CT molecular complexity index is 474. The van der Waals surface area contributed by atoms with Crippen LogP contribution in [0.15, 0.2) is 35.0 Å². The number of thiophene rings is 1. The van der Waals surface area contributed by atoms with E-state index in [0.29, 0.717) is 4.83 Å². The Hall–Kier alpha value is -0.600. The highest BCUT2D eigenvalue weighted by molar-refractivity contribution is 9.09. The van der Waals surface area contributed by atoms with Gasteiger partial charge in [0.1, 0.15) is 0 Å². The molecule has 0 amide bonds. The lowest BCUT2D eigenvalue weighted by molar-refractivity contribution is 1.02. The van der Waals surface area contributed by atoms with Crippen molar-refractivity contribution in [2.75, 3.05) is 0 Å². The molecular weight excluding hydrogens is 292 g/mol. The van der Waals surface area contributed by atoms with E-state index in [2.05, 4.69) is 64.8 Å². The molecule has 17 heavy (non-hydrogen) atoms. The van der Waals surface area contributed by atoms with Gasteiger partial charge in [0.2, 0.25) is 0 Å². The summed E-state index contributed by atoms with van der Waals surface area (Å²) >= 11 is 5.54. The van der Waals surface area contributed by atoms with E-state index in [-0.39, 0.29) is 0 Å². The number of rotatable bonds is 4. The third kappa shape index (κ3) is 2.80. The zero-order valence-corrected chi connectivity index (χ0v) is 12.6. The van der Waals surface area contributed by atoms with Gasteiger partial charge in [0.15, 0.2) is 0 Å². The zero-order valence-electron chi connectivity index (χ0n) is 10.2. The van der Waals surface area contributed by atoms with Gasteiger partial charge in [-0.1, -0.05) is 48.0 Å². The number of hydrogen-bond donors (Lipinski definition) is 0. The van der Waals surface area contributed by atoms with Gasteiger partial charge in [0.05, 0.1) is 4.83 Å². The summed E-state index contributed by atoms with van der Waals surface area (Å²) < 4.78 is 0. The molecule has 1 atom stereocenters. The fourth-order valence-electron chi connectivity index (χ4n) is 2.09. The van der Waals surface area contributed by atoms with Crippen LogP contribution in [-0.4, -0.2) is 0 Å². The Morgan fingerprint density at radius 1 is 1.06 bits per heavy atom. The van der Waals surface area contributed by atoms with E-state index in [1.807, 2.05) is 0 Å². The summed E-state index contributed by atoms with van der Waals surface area (Å²) in [6.07, 6.45) is 2.23. The maximum Gasteiger partial charge on any atom is 0.0652 e. The minimum absolute atomic E-state index is 0.324. The number of alkyl halides is 1. The molecule has 0 N–H and O–H groups in total. The number of benzene rings is 1. The molecule has 1 aromatic carbocycles. The molecule has 0 fully saturated rings. The van der Waals surface area contributed by atoms with Crippen LogP contribution in [0.4, 0.5) is 0 Å². The Kier molecular flexibility index (Phi) is 4.41. The first-order valence-electron chi connectivity index (χ1n) is 6.04. The van der Waals surface area contributed by atoms with Crippen LogP contribution < -0.4 is 0 Å². The van der Waals surface area contributed by atoms with Crippen LogP contribution in [-0.2, 0) is 12.8 Å². The monoisotopic (exact) mass is 308 g/mol. The van der Waals surface area contributed by atoms with Crippen LogP contribution >= 0.6 is 27.3 Å². The molecule has 1 heterocycles. The number of aryl methyl sites for hydroxylation is 2. The van der Waals surface area contributed by atoms with Gasteiger partial charge in [0.25, 0.3) is 0 Å². The highest BCUT2D eigenvalue weighted by Gasteiger charge is 2.12. The van der Waals surface area contributed by atoms with Crippen molar-refractivity contribution in [1.82, 2.24) is 0 Å². The first kappa shape index (κ1) is 12.8. The average molecular weight is 309 g/mol. The number of halogens is 1. The summed E-state index contributed by atoms with van der Waals surface area (Å²) in [4.78, 5) is 0.324. The maximum absolute atomic E-state index is 3.79. The van der Waals surface area contributed by atoms with Gasteiger partial charge in [-0.2, -0.15) is 11.3 Å². The third-order valence-corrected chi connectivity index (χ3v) is 4.88. The van der Waals surface area contributed by atoms with E-state index in [0.717, 1.165) is 12.8 Å². The molecule has 1 aromatic heterocycles. The average Bonchev–Trinajstić information content (AvgIpc) is 2.90. The third-order valence-electron chi connectivity index (χ3n) is 3.12. The minimum atomic E-state index is 0.324. The summed E-state index contributed by atoms with van der Waals surface area (Å²) in [6.45, 7) is 4.45. The molecule has 2 heteroatoms. The van der Waals surface area contributed by atoms with Crippen molar-refractivity contribution in [3.63, 3.8) is 0 Å². The standard InChI is InChI=1S/C15H17BrS/c1-3-11-5-6-13(9-12(11)4-2)15(16)14-7-8-17-10-14/h5-10,15H,3-4H2,1-2H3. The van der Waals surface area contributed by atoms with E-state index in [1.165, 1.54) is 22.3 Å². The summed E-state index contributed by atoms with van der Waals surface area (Å²) in [6, 6.07) is 9.04. The van der Waals surface area contributed by atoms with Crippen LogP contribution in [0.3, 0.4) is 0 Å². The predicted molar refractivity (Wildman–Crippen MR) is 80.3 cm³/mol. The highest BCUT2D eigenvalue weighted by Crippen LogP contribution is 2.33. The first-order chi connectivity index (χ1) is 8.26. The second-order valence-corrected chi connectivity index (χ2v) is 5.85. The van der Waals surface area contributed by atoms with Gasteiger partial charge in [-0.25, -0.2) is 0 Å². The van der Waals surface area contributed by atoms with E-state index >= 15 is 0 Å². The Labute approximate surface area is 116 Å². The minimum Gasteiger partial charge on any atom is -0.152 e. The van der Waals surface area contributed by atoms with Crippen molar-refractivity contribution < 1.29 is 0 Å². The molecule has 1 unspecified atom stereocenters. The Morgan fingerprint density at radius 3 is 2.41 bits per heavy atom. The van der Waals surface area contributed by atoms with Crippen LogP contribution in [0.25, 0.3) is 0 Å². The van der Waals surface area contributed by atoms with Gasteiger partial charge in [-0.3, -0.25) is 0 Å². The molecule has 2 aromatic rings. The lowest BCUT2D eigenvalue weighted by Gasteiger charge is -2.13. The van der Waals surface area contributed by atoms with E-state index in [4.69, 9.17) is 0 Å². The Balaban J connectivity index is 2.33. The molecule has 0 spiro atoms. The van der Waals surface area contributed by atoms with E-state index < -0.39 is 0 Å². The summed E-state index contributed by atoms with van der Waals surface area (Å²) in [5.41, 5.74) is 5.66.